The van der Waals surface area contributed by atoms with Gasteiger partial charge in [-0.15, -0.1) is 11.3 Å². The predicted molar refractivity (Wildman–Crippen MR) is 74.0 cm³/mol. The van der Waals surface area contributed by atoms with E-state index in [9.17, 15) is 9.90 Å². The predicted octanol–water partition coefficient (Wildman–Crippen LogP) is 3.17. The Morgan fingerprint density at radius 2 is 2.28 bits per heavy atom. The maximum atomic E-state index is 11.6. The van der Waals surface area contributed by atoms with Crippen LogP contribution in [0.15, 0.2) is 11.4 Å². The van der Waals surface area contributed by atoms with Gasteiger partial charge in [-0.05, 0) is 42.7 Å². The van der Waals surface area contributed by atoms with Gasteiger partial charge in [0.05, 0.1) is 0 Å². The van der Waals surface area contributed by atoms with Gasteiger partial charge in [-0.25, -0.2) is 0 Å². The van der Waals surface area contributed by atoms with Crippen LogP contribution in [0.2, 0.25) is 0 Å². The van der Waals surface area contributed by atoms with Gasteiger partial charge in [0.25, 0.3) is 0 Å². The van der Waals surface area contributed by atoms with E-state index in [0.29, 0.717) is 12.0 Å². The molecular weight excluding hydrogens is 246 g/mol. The molecule has 1 aliphatic rings. The molecule has 100 valence electrons. The fraction of sp³-hybridized carbons (Fsp3) is 0.643. The topological polar surface area (TPSA) is 40.5 Å². The van der Waals surface area contributed by atoms with E-state index in [-0.39, 0.29) is 0 Å². The fourth-order valence-electron chi connectivity index (χ4n) is 2.90. The van der Waals surface area contributed by atoms with Crippen LogP contribution < -0.4 is 0 Å². The first kappa shape index (κ1) is 13.6. The van der Waals surface area contributed by atoms with Crippen molar-refractivity contribution >= 4 is 17.3 Å². The van der Waals surface area contributed by atoms with Gasteiger partial charge < -0.3 is 5.11 Å². The maximum absolute atomic E-state index is 11.6. The molecule has 1 N–H and O–H groups in total. The van der Waals surface area contributed by atoms with Crippen LogP contribution in [0, 0.1) is 5.92 Å². The van der Waals surface area contributed by atoms with E-state index in [4.69, 9.17) is 0 Å². The second-order valence-electron chi connectivity index (χ2n) is 5.51. The molecule has 0 bridgehead atoms. The van der Waals surface area contributed by atoms with E-state index in [1.807, 2.05) is 11.4 Å². The Bertz CT molecular complexity index is 427. The van der Waals surface area contributed by atoms with Gasteiger partial charge in [0.2, 0.25) is 0 Å². The zero-order valence-corrected chi connectivity index (χ0v) is 12.0. The van der Waals surface area contributed by atoms with E-state index < -0.39 is 12.0 Å². The summed E-state index contributed by atoms with van der Waals surface area (Å²) in [6.07, 6.45) is 2.03. The van der Waals surface area contributed by atoms with Gasteiger partial charge in [0.15, 0.2) is 0 Å². The summed E-state index contributed by atoms with van der Waals surface area (Å²) in [7, 11) is 0. The van der Waals surface area contributed by atoms with Crippen LogP contribution in [0.1, 0.15) is 43.7 Å². The molecular formula is C14H21NO2S. The molecule has 0 aromatic carbocycles. The monoisotopic (exact) mass is 267 g/mol. The SMILES string of the molecule is CC(C)CC(C)N1CCc2sccc2C1C(=O)O. The van der Waals surface area contributed by atoms with E-state index in [0.717, 1.165) is 24.9 Å². The number of hydrogen-bond acceptors (Lipinski definition) is 3. The summed E-state index contributed by atoms with van der Waals surface area (Å²) in [5.74, 6) is -0.122. The highest BCUT2D eigenvalue weighted by Crippen LogP contribution is 2.35. The van der Waals surface area contributed by atoms with Crippen molar-refractivity contribution in [1.29, 1.82) is 0 Å². The summed E-state index contributed by atoms with van der Waals surface area (Å²) in [6.45, 7) is 7.38. The molecule has 0 saturated heterocycles. The lowest BCUT2D eigenvalue weighted by atomic mass is 9.95. The van der Waals surface area contributed by atoms with Crippen molar-refractivity contribution in [3.8, 4) is 0 Å². The molecule has 0 radical (unpaired) electrons. The number of aliphatic carboxylic acids is 1. The fourth-order valence-corrected chi connectivity index (χ4v) is 3.81. The number of carboxylic acids is 1. The molecule has 1 aromatic heterocycles. The van der Waals surface area contributed by atoms with E-state index in [1.54, 1.807) is 11.3 Å². The maximum Gasteiger partial charge on any atom is 0.325 e. The molecule has 2 unspecified atom stereocenters. The van der Waals surface area contributed by atoms with Gasteiger partial charge in [-0.1, -0.05) is 13.8 Å². The first-order valence-electron chi connectivity index (χ1n) is 6.55. The molecule has 0 aliphatic carbocycles. The van der Waals surface area contributed by atoms with Gasteiger partial charge in [-0.2, -0.15) is 0 Å². The first-order chi connectivity index (χ1) is 8.50. The van der Waals surface area contributed by atoms with Crippen molar-refractivity contribution in [1.82, 2.24) is 4.90 Å². The summed E-state index contributed by atoms with van der Waals surface area (Å²) in [4.78, 5) is 15.0. The van der Waals surface area contributed by atoms with Gasteiger partial charge in [0, 0.05) is 17.5 Å². The molecule has 0 spiro atoms. The Morgan fingerprint density at radius 3 is 2.89 bits per heavy atom. The van der Waals surface area contributed by atoms with Crippen LogP contribution in [0.25, 0.3) is 0 Å². The van der Waals surface area contributed by atoms with Crippen LogP contribution in [-0.4, -0.2) is 28.6 Å². The lowest BCUT2D eigenvalue weighted by Gasteiger charge is -2.38. The lowest BCUT2D eigenvalue weighted by Crippen LogP contribution is -2.44. The van der Waals surface area contributed by atoms with Crippen molar-refractivity contribution in [2.75, 3.05) is 6.54 Å². The first-order valence-corrected chi connectivity index (χ1v) is 7.43. The van der Waals surface area contributed by atoms with Crippen molar-refractivity contribution in [3.05, 3.63) is 21.9 Å². The van der Waals surface area contributed by atoms with Crippen molar-refractivity contribution in [2.24, 2.45) is 5.92 Å². The summed E-state index contributed by atoms with van der Waals surface area (Å²) >= 11 is 1.68. The normalized spacial score (nSPS) is 21.9. The van der Waals surface area contributed by atoms with Gasteiger partial charge in [-0.3, -0.25) is 9.69 Å². The van der Waals surface area contributed by atoms with Gasteiger partial charge in [0.1, 0.15) is 6.04 Å². The highest BCUT2D eigenvalue weighted by molar-refractivity contribution is 7.10. The third kappa shape index (κ3) is 2.59. The van der Waals surface area contributed by atoms with Crippen LogP contribution in [0.3, 0.4) is 0 Å². The minimum Gasteiger partial charge on any atom is -0.480 e. The number of fused-ring (bicyclic) bond motifs is 1. The van der Waals surface area contributed by atoms with E-state index in [1.165, 1.54) is 4.88 Å². The van der Waals surface area contributed by atoms with Crippen LogP contribution in [0.4, 0.5) is 0 Å². The summed E-state index contributed by atoms with van der Waals surface area (Å²) in [5, 5.41) is 11.5. The lowest BCUT2D eigenvalue weighted by molar-refractivity contribution is -0.145. The average Bonchev–Trinajstić information content (AvgIpc) is 2.73. The highest BCUT2D eigenvalue weighted by atomic mass is 32.1. The molecule has 2 rings (SSSR count). The summed E-state index contributed by atoms with van der Waals surface area (Å²) < 4.78 is 0. The van der Waals surface area contributed by atoms with Crippen LogP contribution >= 0.6 is 11.3 Å². The van der Waals surface area contributed by atoms with Crippen LogP contribution in [0.5, 0.6) is 0 Å². The Balaban J connectivity index is 2.24. The molecule has 1 aliphatic heterocycles. The molecule has 18 heavy (non-hydrogen) atoms. The molecule has 2 heterocycles. The second kappa shape index (κ2) is 5.41. The molecule has 0 amide bonds. The van der Waals surface area contributed by atoms with Crippen molar-refractivity contribution in [3.63, 3.8) is 0 Å². The molecule has 3 nitrogen and oxygen atoms in total. The van der Waals surface area contributed by atoms with Gasteiger partial charge >= 0.3 is 5.97 Å². The smallest absolute Gasteiger partial charge is 0.325 e. The molecule has 0 saturated carbocycles. The minimum absolute atomic E-state index is 0.319. The molecule has 4 heteroatoms. The third-order valence-electron chi connectivity index (χ3n) is 3.62. The standard InChI is InChI=1S/C14H21NO2S/c1-9(2)8-10(3)15-6-4-12-11(5-7-18-12)13(15)14(16)17/h5,7,9-10,13H,4,6,8H2,1-3H3,(H,16,17). The molecule has 2 atom stereocenters. The number of rotatable bonds is 4. The Hall–Kier alpha value is -0.870. The number of carbonyl (C=O) groups is 1. The quantitative estimate of drug-likeness (QED) is 0.911. The Kier molecular flexibility index (Phi) is 4.07. The Labute approximate surface area is 112 Å². The second-order valence-corrected chi connectivity index (χ2v) is 6.51. The summed E-state index contributed by atoms with van der Waals surface area (Å²) in [5.41, 5.74) is 1.01. The van der Waals surface area contributed by atoms with E-state index >= 15 is 0 Å². The zero-order chi connectivity index (χ0) is 13.3. The largest absolute Gasteiger partial charge is 0.480 e. The van der Waals surface area contributed by atoms with Crippen molar-refractivity contribution in [2.45, 2.75) is 45.7 Å². The number of thiophene rings is 1. The number of hydrogen-bond donors (Lipinski definition) is 1. The van der Waals surface area contributed by atoms with Crippen LogP contribution in [-0.2, 0) is 11.2 Å². The van der Waals surface area contributed by atoms with Crippen molar-refractivity contribution < 1.29 is 9.90 Å². The number of nitrogens with zero attached hydrogens (tertiary/aromatic N) is 1. The summed E-state index contributed by atoms with van der Waals surface area (Å²) in [6, 6.07) is 1.85. The minimum atomic E-state index is -0.718. The Morgan fingerprint density at radius 1 is 1.56 bits per heavy atom. The molecule has 1 aromatic rings. The van der Waals surface area contributed by atoms with E-state index in [2.05, 4.69) is 25.7 Å². The number of carboxylic acid groups (broad SMARTS) is 1. The zero-order valence-electron chi connectivity index (χ0n) is 11.2. The highest BCUT2D eigenvalue weighted by Gasteiger charge is 2.36. The molecule has 0 fully saturated rings. The third-order valence-corrected chi connectivity index (χ3v) is 4.61. The average molecular weight is 267 g/mol.